The summed E-state index contributed by atoms with van der Waals surface area (Å²) in [6, 6.07) is 11.5. The molecule has 2 aliphatic heterocycles. The summed E-state index contributed by atoms with van der Waals surface area (Å²) in [5.74, 6) is -0.396. The van der Waals surface area contributed by atoms with Gasteiger partial charge in [0, 0.05) is 23.9 Å². The van der Waals surface area contributed by atoms with Crippen molar-refractivity contribution in [1.29, 1.82) is 0 Å². The van der Waals surface area contributed by atoms with Crippen LogP contribution in [0.4, 0.5) is 16.2 Å². The number of sulfonamides is 1. The highest BCUT2D eigenvalue weighted by atomic mass is 32.2. The van der Waals surface area contributed by atoms with Gasteiger partial charge < -0.3 is 19.5 Å². The minimum Gasteiger partial charge on any atom is -0.441 e. The third-order valence-corrected chi connectivity index (χ3v) is 7.08. The number of carbonyl (C=O) groups excluding carboxylic acids is 3. The minimum atomic E-state index is -3.89. The quantitative estimate of drug-likeness (QED) is 0.485. The van der Waals surface area contributed by atoms with Crippen molar-refractivity contribution in [2.24, 2.45) is 0 Å². The Balaban J connectivity index is 1.34. The number of fused-ring (bicyclic) bond motifs is 1. The monoisotopic (exact) mass is 503 g/mol. The lowest BCUT2D eigenvalue weighted by Crippen LogP contribution is -2.44. The molecule has 11 nitrogen and oxygen atoms in total. The third-order valence-electron chi connectivity index (χ3n) is 5.57. The average Bonchev–Trinajstić information content (AvgIpc) is 3.37. The van der Waals surface area contributed by atoms with Crippen LogP contribution in [0.3, 0.4) is 0 Å². The second-order valence-electron chi connectivity index (χ2n) is 8.23. The molecule has 0 radical (unpaired) electrons. The van der Waals surface area contributed by atoms with Crippen LogP contribution in [0.25, 0.3) is 0 Å². The molecule has 12 heteroatoms. The summed E-state index contributed by atoms with van der Waals surface area (Å²) in [7, 11) is -3.89. The predicted octanol–water partition coefficient (Wildman–Crippen LogP) is 1.91. The molecule has 2 saturated heterocycles. The first-order valence-electron chi connectivity index (χ1n) is 10.8. The van der Waals surface area contributed by atoms with Crippen molar-refractivity contribution in [3.8, 4) is 0 Å². The molecule has 0 aliphatic carbocycles. The first kappa shape index (κ1) is 24.8. The maximum absolute atomic E-state index is 12.8. The fourth-order valence-corrected chi connectivity index (χ4v) is 5.19. The van der Waals surface area contributed by atoms with Gasteiger partial charge in [0.05, 0.1) is 24.2 Å². The molecule has 0 unspecified atom stereocenters. The number of Topliss-reactive ketones (excluding diaryl/α,β-unsaturated/α-hetero) is 1. The number of carbonyl (C=O) groups is 3. The number of anilines is 2. The Hall–Kier alpha value is -3.32. The Morgan fingerprint density at radius 1 is 0.914 bits per heavy atom. The molecule has 2 fully saturated rings. The van der Waals surface area contributed by atoms with E-state index in [1.54, 1.807) is 18.2 Å². The van der Waals surface area contributed by atoms with E-state index in [-0.39, 0.29) is 29.8 Å². The summed E-state index contributed by atoms with van der Waals surface area (Å²) in [6.07, 6.45) is -2.75. The van der Waals surface area contributed by atoms with Crippen LogP contribution in [0, 0.1) is 0 Å². The van der Waals surface area contributed by atoms with Crippen LogP contribution >= 0.6 is 0 Å². The lowest BCUT2D eigenvalue weighted by atomic mass is 10.1. The number of rotatable bonds is 7. The van der Waals surface area contributed by atoms with E-state index in [0.29, 0.717) is 16.9 Å². The van der Waals surface area contributed by atoms with Crippen molar-refractivity contribution in [3.63, 3.8) is 0 Å². The molecule has 4 rings (SSSR count). The zero-order chi connectivity index (χ0) is 25.2. The third kappa shape index (κ3) is 5.85. The molecule has 3 N–H and O–H groups in total. The van der Waals surface area contributed by atoms with Crippen LogP contribution < -0.4 is 15.4 Å². The molecule has 0 aromatic heterocycles. The van der Waals surface area contributed by atoms with Gasteiger partial charge in [0.2, 0.25) is 15.9 Å². The van der Waals surface area contributed by atoms with Crippen molar-refractivity contribution < 1.29 is 37.0 Å². The van der Waals surface area contributed by atoms with E-state index in [4.69, 9.17) is 14.2 Å². The van der Waals surface area contributed by atoms with E-state index >= 15 is 0 Å². The van der Waals surface area contributed by atoms with Crippen molar-refractivity contribution in [2.75, 3.05) is 23.8 Å². The first-order valence-corrected chi connectivity index (χ1v) is 12.3. The number of nitrogens with one attached hydrogen (secondary N) is 3. The summed E-state index contributed by atoms with van der Waals surface area (Å²) in [4.78, 5) is 35.0. The highest BCUT2D eigenvalue weighted by molar-refractivity contribution is 7.89. The van der Waals surface area contributed by atoms with Gasteiger partial charge in [0.25, 0.3) is 0 Å². The highest BCUT2D eigenvalue weighted by Gasteiger charge is 2.50. The first-order chi connectivity index (χ1) is 16.6. The van der Waals surface area contributed by atoms with E-state index in [9.17, 15) is 22.8 Å². The molecule has 4 atom stereocenters. The molecular weight excluding hydrogens is 478 g/mol. The number of hydrogen-bond donors (Lipinski definition) is 3. The summed E-state index contributed by atoms with van der Waals surface area (Å²) in [5.41, 5.74) is 1.33. The van der Waals surface area contributed by atoms with Gasteiger partial charge in [0.15, 0.2) is 11.9 Å². The lowest BCUT2D eigenvalue weighted by Gasteiger charge is -2.18. The van der Waals surface area contributed by atoms with Crippen LogP contribution in [0.5, 0.6) is 0 Å². The number of ether oxygens (including phenoxy) is 3. The fraction of sp³-hybridized carbons (Fsp3) is 0.348. The molecule has 2 aliphatic rings. The van der Waals surface area contributed by atoms with Gasteiger partial charge in [-0.2, -0.15) is 0 Å². The average molecular weight is 504 g/mol. The zero-order valence-electron chi connectivity index (χ0n) is 19.0. The SMILES string of the molecule is CC(=O)Nc1ccc(S(=O)(=O)N[C@H]2CO[C@H]3[C@H]2OC[C@@H]3OC(=O)Nc2cccc(C(C)=O)c2)cc1. The van der Waals surface area contributed by atoms with Crippen molar-refractivity contribution >= 4 is 39.2 Å². The summed E-state index contributed by atoms with van der Waals surface area (Å²) < 4.78 is 45.1. The minimum absolute atomic E-state index is 0.0213. The maximum atomic E-state index is 12.8. The highest BCUT2D eigenvalue weighted by Crippen LogP contribution is 2.30. The molecule has 2 aromatic carbocycles. The Morgan fingerprint density at radius 2 is 1.63 bits per heavy atom. The Bertz CT molecular complexity index is 1230. The second kappa shape index (κ2) is 10.1. The van der Waals surface area contributed by atoms with Gasteiger partial charge in [-0.1, -0.05) is 12.1 Å². The summed E-state index contributed by atoms with van der Waals surface area (Å²) >= 11 is 0. The topological polar surface area (TPSA) is 149 Å². The number of benzene rings is 2. The van der Waals surface area contributed by atoms with E-state index in [0.717, 1.165) is 0 Å². The van der Waals surface area contributed by atoms with Gasteiger partial charge in [-0.25, -0.2) is 17.9 Å². The van der Waals surface area contributed by atoms with Crippen LogP contribution in [-0.2, 0) is 29.0 Å². The van der Waals surface area contributed by atoms with Gasteiger partial charge in [0.1, 0.15) is 12.2 Å². The van der Waals surface area contributed by atoms with Crippen molar-refractivity contribution in [2.45, 2.75) is 43.1 Å². The smallest absolute Gasteiger partial charge is 0.412 e. The summed E-state index contributed by atoms with van der Waals surface area (Å²) in [6.45, 7) is 2.87. The Morgan fingerprint density at radius 3 is 2.31 bits per heavy atom. The molecule has 2 aromatic rings. The lowest BCUT2D eigenvalue weighted by molar-refractivity contribution is -0.114. The fourth-order valence-electron chi connectivity index (χ4n) is 3.96. The van der Waals surface area contributed by atoms with Gasteiger partial charge >= 0.3 is 6.09 Å². The standard InChI is InChI=1S/C23H25N3O8S/c1-13(27)15-4-3-5-17(10-15)25-23(29)34-20-12-33-21-19(11-32-22(20)21)26-35(30,31)18-8-6-16(7-9-18)24-14(2)28/h3-10,19-22,26H,11-12H2,1-2H3,(H,24,28)(H,25,29)/t19-,20-,21-,22+/m0/s1. The molecule has 0 saturated carbocycles. The normalized spacial score (nSPS) is 23.4. The van der Waals surface area contributed by atoms with Crippen molar-refractivity contribution in [3.05, 3.63) is 54.1 Å². The molecular formula is C23H25N3O8S. The van der Waals surface area contributed by atoms with Crippen LogP contribution in [0.1, 0.15) is 24.2 Å². The molecule has 0 bridgehead atoms. The largest absolute Gasteiger partial charge is 0.441 e. The molecule has 0 spiro atoms. The van der Waals surface area contributed by atoms with E-state index < -0.39 is 40.5 Å². The number of hydrogen-bond acceptors (Lipinski definition) is 8. The van der Waals surface area contributed by atoms with Gasteiger partial charge in [-0.15, -0.1) is 0 Å². The van der Waals surface area contributed by atoms with E-state index in [1.807, 2.05) is 0 Å². The van der Waals surface area contributed by atoms with Crippen LogP contribution in [0.2, 0.25) is 0 Å². The Kier molecular flexibility index (Phi) is 7.17. The molecule has 35 heavy (non-hydrogen) atoms. The van der Waals surface area contributed by atoms with Gasteiger partial charge in [-0.05, 0) is 43.3 Å². The Labute approximate surface area is 202 Å². The molecule has 2 amide bonds. The molecule has 186 valence electrons. The van der Waals surface area contributed by atoms with Crippen LogP contribution in [0.15, 0.2) is 53.4 Å². The van der Waals surface area contributed by atoms with Crippen LogP contribution in [-0.4, -0.2) is 63.8 Å². The van der Waals surface area contributed by atoms with Crippen molar-refractivity contribution in [1.82, 2.24) is 4.72 Å². The zero-order valence-corrected chi connectivity index (χ0v) is 19.8. The second-order valence-corrected chi connectivity index (χ2v) is 9.95. The maximum Gasteiger partial charge on any atom is 0.412 e. The van der Waals surface area contributed by atoms with E-state index in [1.165, 1.54) is 44.2 Å². The predicted molar refractivity (Wildman–Crippen MR) is 125 cm³/mol. The van der Waals surface area contributed by atoms with Gasteiger partial charge in [-0.3, -0.25) is 14.9 Å². The summed E-state index contributed by atoms with van der Waals surface area (Å²) in [5, 5.41) is 5.14. The number of ketones is 1. The number of amides is 2. The van der Waals surface area contributed by atoms with E-state index in [2.05, 4.69) is 15.4 Å². The molecule has 2 heterocycles.